The SMILES string of the molecule is C[C@]1(c2cccc(Cl)c2)CN(C2C3CC4CC2CC(C(N)=O)(C4)C3)C(=O)N1. The second kappa shape index (κ2) is 5.63. The zero-order valence-corrected chi connectivity index (χ0v) is 16.3. The van der Waals surface area contributed by atoms with Crippen molar-refractivity contribution in [2.75, 3.05) is 6.54 Å². The van der Waals surface area contributed by atoms with Crippen LogP contribution in [0.5, 0.6) is 0 Å². The Bertz CT molecular complexity index is 811. The Morgan fingerprint density at radius 2 is 1.96 bits per heavy atom. The molecule has 4 bridgehead atoms. The molecule has 4 aliphatic carbocycles. The van der Waals surface area contributed by atoms with Crippen LogP contribution in [0.1, 0.15) is 44.6 Å². The number of nitrogens with zero attached hydrogens (tertiary/aromatic N) is 1. The molecule has 0 aromatic heterocycles. The van der Waals surface area contributed by atoms with Crippen molar-refractivity contribution >= 4 is 23.5 Å². The highest BCUT2D eigenvalue weighted by atomic mass is 35.5. The molecule has 5 nitrogen and oxygen atoms in total. The molecule has 3 N–H and O–H groups in total. The van der Waals surface area contributed by atoms with Crippen molar-refractivity contribution in [1.29, 1.82) is 0 Å². The van der Waals surface area contributed by atoms with Gasteiger partial charge in [-0.05, 0) is 74.5 Å². The van der Waals surface area contributed by atoms with E-state index in [1.807, 2.05) is 29.2 Å². The van der Waals surface area contributed by atoms with Crippen molar-refractivity contribution in [2.45, 2.75) is 50.6 Å². The molecule has 1 saturated heterocycles. The van der Waals surface area contributed by atoms with Gasteiger partial charge in [0.05, 0.1) is 5.54 Å². The summed E-state index contributed by atoms with van der Waals surface area (Å²) in [6.07, 6.45) is 4.88. The third kappa shape index (κ3) is 2.50. The maximum Gasteiger partial charge on any atom is 0.318 e. The maximum absolute atomic E-state index is 13.0. The molecule has 2 unspecified atom stereocenters. The Morgan fingerprint density at radius 1 is 1.26 bits per heavy atom. The lowest BCUT2D eigenvalue weighted by Gasteiger charge is -2.60. The van der Waals surface area contributed by atoms with Crippen LogP contribution in [0, 0.1) is 23.2 Å². The monoisotopic (exact) mass is 387 g/mol. The van der Waals surface area contributed by atoms with Crippen molar-refractivity contribution in [3.8, 4) is 0 Å². The molecule has 0 radical (unpaired) electrons. The normalized spacial score (nSPS) is 42.4. The van der Waals surface area contributed by atoms with Crippen molar-refractivity contribution in [1.82, 2.24) is 10.2 Å². The van der Waals surface area contributed by atoms with Gasteiger partial charge in [-0.15, -0.1) is 0 Å². The van der Waals surface area contributed by atoms with E-state index in [1.54, 1.807) is 0 Å². The van der Waals surface area contributed by atoms with E-state index in [1.165, 1.54) is 0 Å². The number of amides is 3. The summed E-state index contributed by atoms with van der Waals surface area (Å²) >= 11 is 6.18. The lowest BCUT2D eigenvalue weighted by atomic mass is 9.47. The molecule has 1 aromatic rings. The van der Waals surface area contributed by atoms with Crippen molar-refractivity contribution in [3.63, 3.8) is 0 Å². The number of carbonyl (C=O) groups excluding carboxylic acids is 2. The average Bonchev–Trinajstić information content (AvgIpc) is 2.90. The van der Waals surface area contributed by atoms with E-state index >= 15 is 0 Å². The van der Waals surface area contributed by atoms with E-state index in [0.717, 1.165) is 37.7 Å². The summed E-state index contributed by atoms with van der Waals surface area (Å²) in [7, 11) is 0. The summed E-state index contributed by atoms with van der Waals surface area (Å²) in [5, 5.41) is 3.88. The van der Waals surface area contributed by atoms with Gasteiger partial charge < -0.3 is 16.0 Å². The van der Waals surface area contributed by atoms with Gasteiger partial charge in [0.25, 0.3) is 0 Å². The van der Waals surface area contributed by atoms with Crippen molar-refractivity contribution < 1.29 is 9.59 Å². The van der Waals surface area contributed by atoms with E-state index < -0.39 is 5.54 Å². The average molecular weight is 388 g/mol. The number of nitrogens with two attached hydrogens (primary N) is 1. The number of urea groups is 1. The molecule has 1 heterocycles. The zero-order chi connectivity index (χ0) is 19.0. The van der Waals surface area contributed by atoms with E-state index in [-0.39, 0.29) is 23.4 Å². The van der Waals surface area contributed by atoms with E-state index in [4.69, 9.17) is 17.3 Å². The predicted octanol–water partition coefficient (Wildman–Crippen LogP) is 3.26. The smallest absolute Gasteiger partial charge is 0.318 e. The number of benzene rings is 1. The molecular formula is C21H26ClN3O2. The van der Waals surface area contributed by atoms with Gasteiger partial charge in [-0.3, -0.25) is 4.79 Å². The van der Waals surface area contributed by atoms with Gasteiger partial charge in [0.15, 0.2) is 0 Å². The summed E-state index contributed by atoms with van der Waals surface area (Å²) in [6, 6.07) is 7.96. The van der Waals surface area contributed by atoms with Crippen molar-refractivity contribution in [3.05, 3.63) is 34.9 Å². The molecule has 5 aliphatic rings. The quantitative estimate of drug-likeness (QED) is 0.835. The topological polar surface area (TPSA) is 75.4 Å². The molecule has 27 heavy (non-hydrogen) atoms. The third-order valence-electron chi connectivity index (χ3n) is 7.70. The van der Waals surface area contributed by atoms with Crippen LogP contribution in [0.3, 0.4) is 0 Å². The largest absolute Gasteiger partial charge is 0.369 e. The lowest BCUT2D eigenvalue weighted by Crippen LogP contribution is -2.62. The zero-order valence-electron chi connectivity index (χ0n) is 15.6. The first-order chi connectivity index (χ1) is 12.8. The molecule has 0 spiro atoms. The lowest BCUT2D eigenvalue weighted by molar-refractivity contribution is -0.150. The van der Waals surface area contributed by atoms with Gasteiger partial charge in [0, 0.05) is 23.0 Å². The summed E-state index contributed by atoms with van der Waals surface area (Å²) in [5.74, 6) is 1.23. The maximum atomic E-state index is 13.0. The van der Waals surface area contributed by atoms with Gasteiger partial charge in [0.2, 0.25) is 5.91 Å². The first-order valence-corrected chi connectivity index (χ1v) is 10.3. The Kier molecular flexibility index (Phi) is 3.62. The van der Waals surface area contributed by atoms with Gasteiger partial charge in [-0.1, -0.05) is 23.7 Å². The van der Waals surface area contributed by atoms with Gasteiger partial charge in [-0.25, -0.2) is 4.79 Å². The standard InChI is InChI=1S/C21H26ClN3O2/c1-20(15-3-2-4-16(22)7-15)11-25(19(27)24-20)17-13-5-12-6-14(17)10-21(8-12,9-13)18(23)26/h2-4,7,12-14,17H,5-6,8-11H2,1H3,(H2,23,26)(H,24,27)/t12?,13?,14?,17?,20-,21?/m1/s1. The molecule has 3 amide bonds. The van der Waals surface area contributed by atoms with Crippen LogP contribution in [-0.4, -0.2) is 29.4 Å². The molecule has 4 saturated carbocycles. The Balaban J connectivity index is 1.43. The van der Waals surface area contributed by atoms with Gasteiger partial charge in [-0.2, -0.15) is 0 Å². The summed E-state index contributed by atoms with van der Waals surface area (Å²) < 4.78 is 0. The molecule has 3 atom stereocenters. The minimum Gasteiger partial charge on any atom is -0.369 e. The third-order valence-corrected chi connectivity index (χ3v) is 7.93. The van der Waals surface area contributed by atoms with Crippen LogP contribution in [0.2, 0.25) is 5.02 Å². The first kappa shape index (κ1) is 17.4. The fourth-order valence-corrected chi connectivity index (χ4v) is 6.99. The fourth-order valence-electron chi connectivity index (χ4n) is 6.80. The highest BCUT2D eigenvalue weighted by Gasteiger charge is 2.60. The highest BCUT2D eigenvalue weighted by Crippen LogP contribution is 2.61. The van der Waals surface area contributed by atoms with Crippen LogP contribution in [0.25, 0.3) is 0 Å². The molecule has 5 fully saturated rings. The predicted molar refractivity (Wildman–Crippen MR) is 103 cm³/mol. The minimum atomic E-state index is -0.446. The Labute approximate surface area is 164 Å². The van der Waals surface area contributed by atoms with E-state index in [9.17, 15) is 9.59 Å². The minimum absolute atomic E-state index is 0.00285. The number of hydrogen-bond donors (Lipinski definition) is 2. The number of nitrogens with one attached hydrogen (secondary N) is 1. The van der Waals surface area contributed by atoms with Crippen molar-refractivity contribution in [2.24, 2.45) is 28.9 Å². The van der Waals surface area contributed by atoms with E-state index in [0.29, 0.717) is 29.3 Å². The van der Waals surface area contributed by atoms with Gasteiger partial charge >= 0.3 is 6.03 Å². The van der Waals surface area contributed by atoms with Crippen LogP contribution >= 0.6 is 11.6 Å². The molecule has 6 heteroatoms. The number of halogens is 1. The number of rotatable bonds is 3. The fraction of sp³-hybridized carbons (Fsp3) is 0.619. The van der Waals surface area contributed by atoms with Crippen LogP contribution in [-0.2, 0) is 10.3 Å². The summed E-state index contributed by atoms with van der Waals surface area (Å²) in [4.78, 5) is 27.2. The molecule has 1 aromatic carbocycles. The Morgan fingerprint density at radius 3 is 2.59 bits per heavy atom. The van der Waals surface area contributed by atoms with Crippen LogP contribution < -0.4 is 11.1 Å². The highest BCUT2D eigenvalue weighted by molar-refractivity contribution is 6.30. The van der Waals surface area contributed by atoms with Gasteiger partial charge in [0.1, 0.15) is 0 Å². The molecule has 1 aliphatic heterocycles. The number of hydrogen-bond acceptors (Lipinski definition) is 2. The van der Waals surface area contributed by atoms with E-state index in [2.05, 4.69) is 12.2 Å². The molecular weight excluding hydrogens is 362 g/mol. The molecule has 144 valence electrons. The molecule has 6 rings (SSSR count). The number of primary amides is 1. The second-order valence-electron chi connectivity index (χ2n) is 9.51. The van der Waals surface area contributed by atoms with Crippen LogP contribution in [0.15, 0.2) is 24.3 Å². The summed E-state index contributed by atoms with van der Waals surface area (Å²) in [6.45, 7) is 2.70. The van der Waals surface area contributed by atoms with Crippen LogP contribution in [0.4, 0.5) is 4.79 Å². The Hall–Kier alpha value is -1.75. The number of carbonyl (C=O) groups is 2. The second-order valence-corrected chi connectivity index (χ2v) is 9.94. The summed E-state index contributed by atoms with van der Waals surface area (Å²) in [5.41, 5.74) is 6.07. The first-order valence-electron chi connectivity index (χ1n) is 9.94.